The van der Waals surface area contributed by atoms with Gasteiger partial charge in [-0.1, -0.05) is 86.6 Å². The molecule has 31 heavy (non-hydrogen) atoms. The van der Waals surface area contributed by atoms with Gasteiger partial charge in [-0.2, -0.15) is 0 Å². The van der Waals surface area contributed by atoms with E-state index in [0.717, 1.165) is 31.1 Å². The predicted molar refractivity (Wildman–Crippen MR) is 134 cm³/mol. The highest BCUT2D eigenvalue weighted by atomic mass is 14.3. The Balaban J connectivity index is 1.23. The summed E-state index contributed by atoms with van der Waals surface area (Å²) in [7, 11) is 0. The number of rotatable bonds is 8. The molecule has 0 unspecified atom stereocenters. The van der Waals surface area contributed by atoms with Gasteiger partial charge in [-0.15, -0.1) is 0 Å². The molecule has 3 aromatic carbocycles. The van der Waals surface area contributed by atoms with Gasteiger partial charge in [0.05, 0.1) is 0 Å². The molecule has 1 aliphatic carbocycles. The van der Waals surface area contributed by atoms with Crippen LogP contribution in [0.25, 0.3) is 0 Å². The van der Waals surface area contributed by atoms with Crippen molar-refractivity contribution in [3.8, 4) is 0 Å². The van der Waals surface area contributed by atoms with Crippen LogP contribution in [0.3, 0.4) is 0 Å². The second-order valence-electron chi connectivity index (χ2n) is 9.63. The fourth-order valence-electron chi connectivity index (χ4n) is 5.14. The van der Waals surface area contributed by atoms with Crippen LogP contribution in [0, 0.1) is 11.8 Å². The molecule has 0 radical (unpaired) electrons. The molecule has 0 spiro atoms. The Labute approximate surface area is 189 Å². The van der Waals surface area contributed by atoms with Gasteiger partial charge in [0.25, 0.3) is 0 Å². The Kier molecular flexibility index (Phi) is 7.62. The third kappa shape index (κ3) is 6.33. The minimum atomic E-state index is 0.867. The summed E-state index contributed by atoms with van der Waals surface area (Å²) >= 11 is 0. The van der Waals surface area contributed by atoms with Gasteiger partial charge in [-0.3, -0.25) is 0 Å². The van der Waals surface area contributed by atoms with E-state index in [9.17, 15) is 0 Å². The largest absolute Gasteiger partial charge is 0.0613 e. The summed E-state index contributed by atoms with van der Waals surface area (Å²) in [4.78, 5) is 0. The molecule has 0 bridgehead atoms. The molecule has 0 heterocycles. The van der Waals surface area contributed by atoms with Crippen LogP contribution < -0.4 is 0 Å². The van der Waals surface area contributed by atoms with Crippen molar-refractivity contribution in [1.29, 1.82) is 0 Å². The summed E-state index contributed by atoms with van der Waals surface area (Å²) in [5.74, 6) is 1.75. The van der Waals surface area contributed by atoms with Gasteiger partial charge in [-0.05, 0) is 103 Å². The van der Waals surface area contributed by atoms with Gasteiger partial charge in [0.2, 0.25) is 0 Å². The summed E-state index contributed by atoms with van der Waals surface area (Å²) in [6, 6.07) is 27.8. The zero-order valence-electron chi connectivity index (χ0n) is 19.4. The van der Waals surface area contributed by atoms with Crippen LogP contribution in [-0.2, 0) is 32.1 Å². The first-order valence-electron chi connectivity index (χ1n) is 12.4. The van der Waals surface area contributed by atoms with E-state index in [2.05, 4.69) is 86.6 Å². The molecule has 162 valence electrons. The first kappa shape index (κ1) is 21.9. The van der Waals surface area contributed by atoms with E-state index >= 15 is 0 Å². The van der Waals surface area contributed by atoms with Gasteiger partial charge in [0, 0.05) is 0 Å². The lowest BCUT2D eigenvalue weighted by Crippen LogP contribution is -2.18. The number of aryl methyl sites for hydroxylation is 2. The van der Waals surface area contributed by atoms with E-state index in [-0.39, 0.29) is 0 Å². The molecule has 1 saturated carbocycles. The van der Waals surface area contributed by atoms with Crippen LogP contribution in [-0.4, -0.2) is 0 Å². The van der Waals surface area contributed by atoms with Crippen molar-refractivity contribution in [3.05, 3.63) is 106 Å². The van der Waals surface area contributed by atoms with E-state index in [4.69, 9.17) is 0 Å². The summed E-state index contributed by atoms with van der Waals surface area (Å²) in [5, 5.41) is 0. The molecule has 0 N–H and O–H groups in total. The number of hydrogen-bond donors (Lipinski definition) is 0. The van der Waals surface area contributed by atoms with Crippen molar-refractivity contribution in [2.75, 3.05) is 0 Å². The van der Waals surface area contributed by atoms with Gasteiger partial charge in [0.1, 0.15) is 0 Å². The van der Waals surface area contributed by atoms with Gasteiger partial charge in [0.15, 0.2) is 0 Å². The van der Waals surface area contributed by atoms with Crippen molar-refractivity contribution in [1.82, 2.24) is 0 Å². The first-order valence-corrected chi connectivity index (χ1v) is 12.4. The van der Waals surface area contributed by atoms with E-state index in [1.807, 2.05) is 0 Å². The standard InChI is InChI=1S/C31H38/c1-3-24-5-9-26(10-6-24)21-28-13-17-30(18-14-28)23-31-19-15-29(16-20-31)22-27-11-7-25(4-2)8-12-27/h5-14,17-18,29,31H,3-4,15-16,19-23H2,1-2H3. The maximum atomic E-state index is 2.37. The molecule has 1 aliphatic rings. The highest BCUT2D eigenvalue weighted by Crippen LogP contribution is 2.33. The molecule has 3 aromatic rings. The van der Waals surface area contributed by atoms with Crippen LogP contribution in [0.2, 0.25) is 0 Å². The summed E-state index contributed by atoms with van der Waals surface area (Å²) in [6.45, 7) is 4.44. The van der Waals surface area contributed by atoms with Crippen LogP contribution in [0.15, 0.2) is 72.8 Å². The van der Waals surface area contributed by atoms with Gasteiger partial charge >= 0.3 is 0 Å². The fraction of sp³-hybridized carbons (Fsp3) is 0.419. The van der Waals surface area contributed by atoms with E-state index in [1.165, 1.54) is 71.9 Å². The summed E-state index contributed by atoms with van der Waals surface area (Å²) in [6.07, 6.45) is 11.4. The van der Waals surface area contributed by atoms with Crippen molar-refractivity contribution in [2.45, 2.75) is 71.6 Å². The smallest absolute Gasteiger partial charge is 0.00258 e. The molecule has 0 nitrogen and oxygen atoms in total. The van der Waals surface area contributed by atoms with E-state index < -0.39 is 0 Å². The number of hydrogen-bond acceptors (Lipinski definition) is 0. The van der Waals surface area contributed by atoms with E-state index in [1.54, 1.807) is 0 Å². The minimum Gasteiger partial charge on any atom is -0.0613 e. The SMILES string of the molecule is CCc1ccc(Cc2ccc(CC3CCC(Cc4ccc(CC)cc4)CC3)cc2)cc1. The zero-order valence-corrected chi connectivity index (χ0v) is 19.4. The van der Waals surface area contributed by atoms with Gasteiger partial charge < -0.3 is 0 Å². The maximum absolute atomic E-state index is 2.37. The molecule has 0 aromatic heterocycles. The van der Waals surface area contributed by atoms with Crippen molar-refractivity contribution in [2.24, 2.45) is 11.8 Å². The lowest BCUT2D eigenvalue weighted by molar-refractivity contribution is 0.272. The van der Waals surface area contributed by atoms with E-state index in [0.29, 0.717) is 0 Å². The molecule has 0 atom stereocenters. The molecule has 0 aliphatic heterocycles. The summed E-state index contributed by atoms with van der Waals surface area (Å²) < 4.78 is 0. The van der Waals surface area contributed by atoms with Crippen LogP contribution >= 0.6 is 0 Å². The molecule has 0 saturated heterocycles. The third-order valence-corrected chi connectivity index (χ3v) is 7.31. The molecule has 1 fully saturated rings. The normalized spacial score (nSPS) is 18.8. The first-order chi connectivity index (χ1) is 15.2. The van der Waals surface area contributed by atoms with Crippen molar-refractivity contribution < 1.29 is 0 Å². The van der Waals surface area contributed by atoms with Crippen LogP contribution in [0.1, 0.15) is 72.9 Å². The molecule has 4 rings (SSSR count). The van der Waals surface area contributed by atoms with Crippen molar-refractivity contribution >= 4 is 0 Å². The monoisotopic (exact) mass is 410 g/mol. The van der Waals surface area contributed by atoms with Crippen LogP contribution in [0.4, 0.5) is 0 Å². The molecular weight excluding hydrogens is 372 g/mol. The second kappa shape index (κ2) is 10.8. The Hall–Kier alpha value is -2.34. The quantitative estimate of drug-likeness (QED) is 0.353. The minimum absolute atomic E-state index is 0.867. The van der Waals surface area contributed by atoms with Crippen molar-refractivity contribution in [3.63, 3.8) is 0 Å². The topological polar surface area (TPSA) is 0 Å². The Morgan fingerprint density at radius 3 is 1.06 bits per heavy atom. The fourth-order valence-corrected chi connectivity index (χ4v) is 5.14. The predicted octanol–water partition coefficient (Wildman–Crippen LogP) is 7.99. The number of benzene rings is 3. The Bertz CT molecular complexity index is 907. The molecule has 0 amide bonds. The average Bonchev–Trinajstić information content (AvgIpc) is 2.82. The highest BCUT2D eigenvalue weighted by Gasteiger charge is 2.21. The van der Waals surface area contributed by atoms with Crippen LogP contribution in [0.5, 0.6) is 0 Å². The lowest BCUT2D eigenvalue weighted by Gasteiger charge is -2.28. The van der Waals surface area contributed by atoms with Gasteiger partial charge in [-0.25, -0.2) is 0 Å². The lowest BCUT2D eigenvalue weighted by atomic mass is 9.77. The highest BCUT2D eigenvalue weighted by molar-refractivity contribution is 5.31. The maximum Gasteiger partial charge on any atom is -0.00258 e. The molecular formula is C31H38. The molecule has 0 heteroatoms. The second-order valence-corrected chi connectivity index (χ2v) is 9.63. The third-order valence-electron chi connectivity index (χ3n) is 7.31. The Morgan fingerprint density at radius 2 is 0.742 bits per heavy atom. The zero-order chi connectivity index (χ0) is 21.5. The average molecular weight is 411 g/mol. The summed E-state index contributed by atoms with van der Waals surface area (Å²) in [5.41, 5.74) is 8.75. The Morgan fingerprint density at radius 1 is 0.452 bits per heavy atom.